The average molecular weight is 535 g/mol. The Morgan fingerprint density at radius 3 is 2.39 bits per heavy atom. The summed E-state index contributed by atoms with van der Waals surface area (Å²) in [5.41, 5.74) is 0.842. The minimum absolute atomic E-state index is 0.0176. The van der Waals surface area contributed by atoms with E-state index >= 15 is 0 Å². The SMILES string of the molecule is CC(C)C1(c2ccc(Cl)cc2)CC12C(=O)N(c1cc(C(=O)O)cc(N3CCOC3=O)c1)c1ccc(F)cc12. The Morgan fingerprint density at radius 2 is 1.76 bits per heavy atom. The Hall–Kier alpha value is -3.91. The molecule has 0 bridgehead atoms. The first kappa shape index (κ1) is 24.4. The fourth-order valence-electron chi connectivity index (χ4n) is 6.45. The summed E-state index contributed by atoms with van der Waals surface area (Å²) in [4.78, 5) is 41.6. The average Bonchev–Trinajstić information content (AvgIpc) is 3.33. The molecule has 2 heterocycles. The lowest BCUT2D eigenvalue weighted by atomic mass is 9.75. The van der Waals surface area contributed by atoms with E-state index in [1.54, 1.807) is 24.3 Å². The van der Waals surface area contributed by atoms with Crippen molar-refractivity contribution in [2.24, 2.45) is 5.92 Å². The summed E-state index contributed by atoms with van der Waals surface area (Å²) in [5, 5.41) is 10.4. The van der Waals surface area contributed by atoms with Crippen LogP contribution in [0.15, 0.2) is 60.7 Å². The van der Waals surface area contributed by atoms with Gasteiger partial charge in [0.25, 0.3) is 0 Å². The summed E-state index contributed by atoms with van der Waals surface area (Å²) in [6.07, 6.45) is -0.122. The summed E-state index contributed by atoms with van der Waals surface area (Å²) in [7, 11) is 0. The number of aromatic carboxylic acids is 1. The summed E-state index contributed by atoms with van der Waals surface area (Å²) < 4.78 is 19.7. The van der Waals surface area contributed by atoms with Crippen LogP contribution in [0.3, 0.4) is 0 Å². The molecule has 1 spiro atoms. The summed E-state index contributed by atoms with van der Waals surface area (Å²) in [6.45, 7) is 4.52. The molecule has 2 amide bonds. The molecule has 1 aliphatic carbocycles. The van der Waals surface area contributed by atoms with Crippen LogP contribution in [-0.2, 0) is 20.4 Å². The number of carboxylic acid groups (broad SMARTS) is 1. The van der Waals surface area contributed by atoms with Gasteiger partial charge < -0.3 is 9.84 Å². The maximum Gasteiger partial charge on any atom is 0.414 e. The number of carbonyl (C=O) groups excluding carboxylic acids is 2. The van der Waals surface area contributed by atoms with Crippen LogP contribution in [-0.4, -0.2) is 36.2 Å². The number of ether oxygens (including phenoxy) is 1. The number of amides is 2. The van der Waals surface area contributed by atoms with Gasteiger partial charge in [-0.25, -0.2) is 14.0 Å². The van der Waals surface area contributed by atoms with Crippen molar-refractivity contribution in [3.05, 3.63) is 88.2 Å². The topological polar surface area (TPSA) is 87.2 Å². The standard InChI is InChI=1S/C29H24ClFN2O5/c1-16(2)28(18-3-5-19(30)6-4-18)15-29(28)23-13-20(31)7-8-24(23)33(26(29)36)22-12-17(25(34)35)11-21(14-22)32-9-10-38-27(32)37/h3-8,11-14,16H,9-10,15H2,1-2H3,(H,34,35). The normalized spacial score (nSPS) is 23.8. The van der Waals surface area contributed by atoms with E-state index in [9.17, 15) is 23.9 Å². The predicted molar refractivity (Wildman–Crippen MR) is 140 cm³/mol. The zero-order chi connectivity index (χ0) is 27.0. The maximum atomic E-state index is 14.7. The largest absolute Gasteiger partial charge is 0.478 e. The fourth-order valence-corrected chi connectivity index (χ4v) is 6.58. The monoisotopic (exact) mass is 534 g/mol. The zero-order valence-electron chi connectivity index (χ0n) is 20.7. The van der Waals surface area contributed by atoms with Crippen LogP contribution in [0.25, 0.3) is 0 Å². The van der Waals surface area contributed by atoms with Gasteiger partial charge in [-0.1, -0.05) is 37.6 Å². The van der Waals surface area contributed by atoms with Crippen LogP contribution in [0.5, 0.6) is 0 Å². The Bertz CT molecular complexity index is 1520. The minimum atomic E-state index is -1.20. The maximum absolute atomic E-state index is 14.7. The Balaban J connectivity index is 1.55. The van der Waals surface area contributed by atoms with E-state index in [0.717, 1.165) is 5.56 Å². The van der Waals surface area contributed by atoms with Gasteiger partial charge in [0.2, 0.25) is 5.91 Å². The van der Waals surface area contributed by atoms with E-state index in [1.165, 1.54) is 34.1 Å². The molecule has 1 saturated heterocycles. The van der Waals surface area contributed by atoms with Crippen LogP contribution in [0, 0.1) is 11.7 Å². The molecule has 1 N–H and O–H groups in total. The first-order valence-electron chi connectivity index (χ1n) is 12.3. The molecule has 2 atom stereocenters. The van der Waals surface area contributed by atoms with Crippen molar-refractivity contribution in [2.45, 2.75) is 31.1 Å². The molecule has 9 heteroatoms. The molecule has 38 heavy (non-hydrogen) atoms. The number of rotatable bonds is 5. The van der Waals surface area contributed by atoms with Crippen molar-refractivity contribution >= 4 is 46.6 Å². The zero-order valence-corrected chi connectivity index (χ0v) is 21.5. The Labute approximate surface area is 223 Å². The van der Waals surface area contributed by atoms with Gasteiger partial charge >= 0.3 is 12.1 Å². The van der Waals surface area contributed by atoms with E-state index < -0.39 is 28.7 Å². The number of fused-ring (bicyclic) bond motifs is 2. The molecule has 0 aromatic heterocycles. The molecule has 194 valence electrons. The lowest BCUT2D eigenvalue weighted by molar-refractivity contribution is -0.120. The number of carbonyl (C=O) groups is 3. The van der Waals surface area contributed by atoms with Crippen molar-refractivity contribution in [1.29, 1.82) is 0 Å². The molecule has 1 saturated carbocycles. The summed E-state index contributed by atoms with van der Waals surface area (Å²) in [5.74, 6) is -1.91. The van der Waals surface area contributed by atoms with Crippen LogP contribution in [0.1, 0.15) is 41.8 Å². The van der Waals surface area contributed by atoms with E-state index in [-0.39, 0.29) is 36.2 Å². The molecule has 2 fully saturated rings. The number of hydrogen-bond acceptors (Lipinski definition) is 4. The molecule has 3 aromatic rings. The van der Waals surface area contributed by atoms with E-state index in [1.807, 2.05) is 26.0 Å². The number of benzene rings is 3. The highest BCUT2D eigenvalue weighted by atomic mass is 35.5. The van der Waals surface area contributed by atoms with Gasteiger partial charge in [-0.05, 0) is 72.0 Å². The molecule has 7 nitrogen and oxygen atoms in total. The van der Waals surface area contributed by atoms with Gasteiger partial charge in [0, 0.05) is 10.4 Å². The van der Waals surface area contributed by atoms with Crippen LogP contribution < -0.4 is 9.80 Å². The number of anilines is 3. The molecular formula is C29H24ClFN2O5. The molecule has 2 aliphatic heterocycles. The van der Waals surface area contributed by atoms with Crippen molar-refractivity contribution < 1.29 is 28.6 Å². The van der Waals surface area contributed by atoms with E-state index in [2.05, 4.69) is 0 Å². The first-order valence-corrected chi connectivity index (χ1v) is 12.7. The lowest BCUT2D eigenvalue weighted by Gasteiger charge is -2.27. The molecule has 3 aliphatic rings. The number of cyclic esters (lactones) is 1. The van der Waals surface area contributed by atoms with Crippen molar-refractivity contribution in [2.75, 3.05) is 23.0 Å². The number of halogens is 2. The summed E-state index contributed by atoms with van der Waals surface area (Å²) >= 11 is 6.16. The molecule has 2 unspecified atom stereocenters. The van der Waals surface area contributed by atoms with Gasteiger partial charge in [-0.15, -0.1) is 0 Å². The second-order valence-electron chi connectivity index (χ2n) is 10.3. The second kappa shape index (κ2) is 8.30. The van der Waals surface area contributed by atoms with Gasteiger partial charge in [-0.2, -0.15) is 0 Å². The third-order valence-corrected chi connectivity index (χ3v) is 8.49. The quantitative estimate of drug-likeness (QED) is 0.431. The molecule has 0 radical (unpaired) electrons. The van der Waals surface area contributed by atoms with Gasteiger partial charge in [0.1, 0.15) is 12.4 Å². The van der Waals surface area contributed by atoms with E-state index in [0.29, 0.717) is 28.4 Å². The van der Waals surface area contributed by atoms with Gasteiger partial charge in [0.15, 0.2) is 0 Å². The highest BCUT2D eigenvalue weighted by Crippen LogP contribution is 2.74. The van der Waals surface area contributed by atoms with Crippen LogP contribution in [0.2, 0.25) is 5.02 Å². The number of nitrogens with zero attached hydrogens (tertiary/aromatic N) is 2. The van der Waals surface area contributed by atoms with Crippen LogP contribution in [0.4, 0.5) is 26.2 Å². The minimum Gasteiger partial charge on any atom is -0.478 e. The fraction of sp³-hybridized carbons (Fsp3) is 0.276. The molecule has 3 aromatic carbocycles. The van der Waals surface area contributed by atoms with Crippen molar-refractivity contribution in [3.8, 4) is 0 Å². The predicted octanol–water partition coefficient (Wildman–Crippen LogP) is 6.05. The number of hydrogen-bond donors (Lipinski definition) is 1. The second-order valence-corrected chi connectivity index (χ2v) is 10.8. The highest BCUT2D eigenvalue weighted by Gasteiger charge is 2.78. The third kappa shape index (κ3) is 3.22. The van der Waals surface area contributed by atoms with Crippen LogP contribution >= 0.6 is 11.6 Å². The lowest BCUT2D eigenvalue weighted by Crippen LogP contribution is -2.36. The van der Waals surface area contributed by atoms with E-state index in [4.69, 9.17) is 16.3 Å². The third-order valence-electron chi connectivity index (χ3n) is 8.23. The molecule has 6 rings (SSSR count). The summed E-state index contributed by atoms with van der Waals surface area (Å²) in [6, 6.07) is 16.0. The van der Waals surface area contributed by atoms with Gasteiger partial charge in [-0.3, -0.25) is 14.6 Å². The Kier molecular flexibility index (Phi) is 5.33. The first-order chi connectivity index (χ1) is 18.1. The number of carboxylic acids is 1. The Morgan fingerprint density at radius 1 is 1.05 bits per heavy atom. The molecular weight excluding hydrogens is 511 g/mol. The van der Waals surface area contributed by atoms with Crippen molar-refractivity contribution in [1.82, 2.24) is 0 Å². The highest BCUT2D eigenvalue weighted by molar-refractivity contribution is 6.30. The van der Waals surface area contributed by atoms with Gasteiger partial charge in [0.05, 0.1) is 34.6 Å². The smallest absolute Gasteiger partial charge is 0.414 e. The van der Waals surface area contributed by atoms with Crippen molar-refractivity contribution in [3.63, 3.8) is 0 Å².